The summed E-state index contributed by atoms with van der Waals surface area (Å²) >= 11 is 0. The average Bonchev–Trinajstić information content (AvgIpc) is 2.95. The molecule has 4 aromatic rings. The predicted octanol–water partition coefficient (Wildman–Crippen LogP) is 2.66. The molecule has 4 heterocycles. The maximum absolute atomic E-state index is 5.81. The van der Waals surface area contributed by atoms with Crippen LogP contribution in [0.5, 0.6) is 0 Å². The maximum Gasteiger partial charge on any atom is 0.163 e. The van der Waals surface area contributed by atoms with E-state index in [0.717, 1.165) is 27.9 Å². The van der Waals surface area contributed by atoms with Gasteiger partial charge in [0, 0.05) is 30.4 Å². The highest BCUT2D eigenvalue weighted by atomic mass is 14.9. The van der Waals surface area contributed by atoms with E-state index in [-0.39, 0.29) is 0 Å². The van der Waals surface area contributed by atoms with Crippen LogP contribution in [0.3, 0.4) is 0 Å². The fourth-order valence-corrected chi connectivity index (χ4v) is 2.49. The molecule has 0 atom stereocenters. The molecule has 0 spiro atoms. The first-order valence-electron chi connectivity index (χ1n) is 6.79. The van der Waals surface area contributed by atoms with Crippen molar-refractivity contribution in [2.75, 3.05) is 5.73 Å². The highest BCUT2D eigenvalue weighted by Crippen LogP contribution is 2.35. The topological polar surface area (TPSA) is 93.4 Å². The standard InChI is InChI=1S/C16H12N6/c17-12-9-10(4-8-18-12)14-13(16-20-6-2-7-21-16)15-11(22-14)3-1-5-19-15/h1-9,22H,(H2,17,18). The third-order valence-corrected chi connectivity index (χ3v) is 3.41. The van der Waals surface area contributed by atoms with Crippen molar-refractivity contribution in [3.63, 3.8) is 0 Å². The summed E-state index contributed by atoms with van der Waals surface area (Å²) in [5.74, 6) is 1.09. The third kappa shape index (κ3) is 1.98. The molecule has 22 heavy (non-hydrogen) atoms. The van der Waals surface area contributed by atoms with E-state index in [0.29, 0.717) is 11.6 Å². The molecule has 0 saturated heterocycles. The second-order valence-corrected chi connectivity index (χ2v) is 4.82. The van der Waals surface area contributed by atoms with E-state index in [1.165, 1.54) is 0 Å². The Hall–Kier alpha value is -3.28. The number of pyridine rings is 2. The van der Waals surface area contributed by atoms with Crippen LogP contribution in [0.1, 0.15) is 0 Å². The van der Waals surface area contributed by atoms with Crippen LogP contribution in [0.4, 0.5) is 5.82 Å². The minimum absolute atomic E-state index is 0.462. The molecule has 0 bridgehead atoms. The number of nitrogens with one attached hydrogen (secondary N) is 1. The van der Waals surface area contributed by atoms with Gasteiger partial charge in [-0.25, -0.2) is 15.0 Å². The number of rotatable bonds is 2. The first-order chi connectivity index (χ1) is 10.8. The van der Waals surface area contributed by atoms with Crippen molar-refractivity contribution in [2.45, 2.75) is 0 Å². The highest BCUT2D eigenvalue weighted by Gasteiger charge is 2.18. The second-order valence-electron chi connectivity index (χ2n) is 4.82. The first-order valence-corrected chi connectivity index (χ1v) is 6.79. The van der Waals surface area contributed by atoms with Crippen LogP contribution in [-0.4, -0.2) is 24.9 Å². The van der Waals surface area contributed by atoms with Gasteiger partial charge in [0.25, 0.3) is 0 Å². The van der Waals surface area contributed by atoms with Gasteiger partial charge in [-0.2, -0.15) is 0 Å². The smallest absolute Gasteiger partial charge is 0.163 e. The van der Waals surface area contributed by atoms with Gasteiger partial charge >= 0.3 is 0 Å². The normalized spacial score (nSPS) is 10.9. The minimum Gasteiger partial charge on any atom is -0.384 e. The van der Waals surface area contributed by atoms with Crippen LogP contribution in [0.25, 0.3) is 33.7 Å². The van der Waals surface area contributed by atoms with E-state index >= 15 is 0 Å². The number of fused-ring (bicyclic) bond motifs is 1. The van der Waals surface area contributed by atoms with Crippen LogP contribution in [0.2, 0.25) is 0 Å². The molecule has 6 heteroatoms. The molecule has 0 aliphatic heterocycles. The van der Waals surface area contributed by atoms with Gasteiger partial charge in [0.2, 0.25) is 0 Å². The van der Waals surface area contributed by atoms with Crippen LogP contribution in [0, 0.1) is 0 Å². The van der Waals surface area contributed by atoms with E-state index in [2.05, 4.69) is 24.9 Å². The Kier molecular flexibility index (Phi) is 2.79. The predicted molar refractivity (Wildman–Crippen MR) is 84.8 cm³/mol. The Labute approximate surface area is 126 Å². The van der Waals surface area contributed by atoms with Crippen LogP contribution >= 0.6 is 0 Å². The number of anilines is 1. The number of aromatic amines is 1. The number of nitrogen functional groups attached to an aromatic ring is 1. The molecule has 4 aromatic heterocycles. The van der Waals surface area contributed by atoms with E-state index < -0.39 is 0 Å². The van der Waals surface area contributed by atoms with E-state index in [9.17, 15) is 0 Å². The van der Waals surface area contributed by atoms with Gasteiger partial charge in [-0.3, -0.25) is 4.98 Å². The zero-order valence-electron chi connectivity index (χ0n) is 11.6. The average molecular weight is 288 g/mol. The van der Waals surface area contributed by atoms with E-state index in [4.69, 9.17) is 5.73 Å². The quantitative estimate of drug-likeness (QED) is 0.591. The van der Waals surface area contributed by atoms with Gasteiger partial charge < -0.3 is 10.7 Å². The van der Waals surface area contributed by atoms with Gasteiger partial charge in [0.05, 0.1) is 22.3 Å². The van der Waals surface area contributed by atoms with Gasteiger partial charge in [-0.1, -0.05) is 0 Å². The lowest BCUT2D eigenvalue weighted by molar-refractivity contribution is 1.18. The van der Waals surface area contributed by atoms with Gasteiger partial charge in [-0.15, -0.1) is 0 Å². The van der Waals surface area contributed by atoms with Crippen molar-refractivity contribution in [3.05, 3.63) is 55.1 Å². The lowest BCUT2D eigenvalue weighted by Gasteiger charge is -2.04. The summed E-state index contributed by atoms with van der Waals surface area (Å²) < 4.78 is 0. The minimum atomic E-state index is 0.462. The Morgan fingerprint density at radius 3 is 2.50 bits per heavy atom. The van der Waals surface area contributed by atoms with E-state index in [1.54, 1.807) is 30.9 Å². The zero-order chi connectivity index (χ0) is 14.9. The summed E-state index contributed by atoms with van der Waals surface area (Å²) in [5, 5.41) is 0. The Balaban J connectivity index is 2.06. The maximum atomic E-state index is 5.81. The molecule has 106 valence electrons. The van der Waals surface area contributed by atoms with Crippen LogP contribution in [0.15, 0.2) is 55.1 Å². The monoisotopic (exact) mass is 288 g/mol. The van der Waals surface area contributed by atoms with Crippen molar-refractivity contribution in [1.29, 1.82) is 0 Å². The van der Waals surface area contributed by atoms with Crippen LogP contribution < -0.4 is 5.73 Å². The number of hydrogen-bond acceptors (Lipinski definition) is 5. The summed E-state index contributed by atoms with van der Waals surface area (Å²) in [6.07, 6.45) is 6.87. The first kappa shape index (κ1) is 12.5. The molecule has 0 saturated carbocycles. The Bertz CT molecular complexity index is 945. The van der Waals surface area contributed by atoms with Gasteiger partial charge in [-0.05, 0) is 30.3 Å². The van der Waals surface area contributed by atoms with Crippen molar-refractivity contribution in [3.8, 4) is 22.6 Å². The zero-order valence-corrected chi connectivity index (χ0v) is 11.6. The molecule has 4 rings (SSSR count). The number of nitrogens with zero attached hydrogens (tertiary/aromatic N) is 4. The Morgan fingerprint density at radius 1 is 0.864 bits per heavy atom. The molecule has 3 N–H and O–H groups in total. The SMILES string of the molecule is Nc1cc(-c2[nH]c3cccnc3c2-c2ncccn2)ccn1. The number of aromatic nitrogens is 5. The second kappa shape index (κ2) is 4.92. The molecule has 0 aliphatic rings. The highest BCUT2D eigenvalue weighted by molar-refractivity contribution is 5.99. The molecule has 0 radical (unpaired) electrons. The largest absolute Gasteiger partial charge is 0.384 e. The molecule has 0 unspecified atom stereocenters. The van der Waals surface area contributed by atoms with Gasteiger partial charge in [0.1, 0.15) is 5.82 Å². The van der Waals surface area contributed by atoms with Crippen molar-refractivity contribution >= 4 is 16.9 Å². The fourth-order valence-electron chi connectivity index (χ4n) is 2.49. The molecule has 0 fully saturated rings. The summed E-state index contributed by atoms with van der Waals surface area (Å²) in [7, 11) is 0. The summed E-state index contributed by atoms with van der Waals surface area (Å²) in [5.41, 5.74) is 10.2. The lowest BCUT2D eigenvalue weighted by atomic mass is 10.1. The number of nitrogens with two attached hydrogens (primary N) is 1. The molecular formula is C16H12N6. The van der Waals surface area contributed by atoms with E-state index in [1.807, 2.05) is 24.3 Å². The number of hydrogen-bond donors (Lipinski definition) is 2. The summed E-state index contributed by atoms with van der Waals surface area (Å²) in [6, 6.07) is 9.36. The van der Waals surface area contributed by atoms with Crippen LogP contribution in [-0.2, 0) is 0 Å². The third-order valence-electron chi connectivity index (χ3n) is 3.41. The molecule has 0 aliphatic carbocycles. The summed E-state index contributed by atoms with van der Waals surface area (Å²) in [6.45, 7) is 0. The van der Waals surface area contributed by atoms with Crippen molar-refractivity contribution in [2.24, 2.45) is 0 Å². The van der Waals surface area contributed by atoms with Crippen molar-refractivity contribution < 1.29 is 0 Å². The summed E-state index contributed by atoms with van der Waals surface area (Å²) in [4.78, 5) is 20.6. The fraction of sp³-hybridized carbons (Fsp3) is 0. The Morgan fingerprint density at radius 2 is 1.68 bits per heavy atom. The number of H-pyrrole nitrogens is 1. The van der Waals surface area contributed by atoms with Crippen molar-refractivity contribution in [1.82, 2.24) is 24.9 Å². The molecular weight excluding hydrogens is 276 g/mol. The van der Waals surface area contributed by atoms with Gasteiger partial charge in [0.15, 0.2) is 5.82 Å². The lowest BCUT2D eigenvalue weighted by Crippen LogP contribution is -1.92. The molecule has 0 amide bonds. The molecule has 0 aromatic carbocycles. The molecule has 6 nitrogen and oxygen atoms in total.